The summed E-state index contributed by atoms with van der Waals surface area (Å²) in [5, 5.41) is 5.07. The van der Waals surface area contributed by atoms with Crippen LogP contribution in [0.4, 0.5) is 5.69 Å². The van der Waals surface area contributed by atoms with E-state index in [-0.39, 0.29) is 6.04 Å². The van der Waals surface area contributed by atoms with Crippen molar-refractivity contribution >= 4 is 16.6 Å². The second kappa shape index (κ2) is 5.84. The van der Waals surface area contributed by atoms with E-state index in [0.29, 0.717) is 11.8 Å². The van der Waals surface area contributed by atoms with Gasteiger partial charge in [0, 0.05) is 28.6 Å². The number of anilines is 1. The van der Waals surface area contributed by atoms with Gasteiger partial charge in [0.05, 0.1) is 25.9 Å². The molecule has 0 saturated carbocycles. The van der Waals surface area contributed by atoms with E-state index in [1.807, 2.05) is 12.1 Å². The summed E-state index contributed by atoms with van der Waals surface area (Å²) in [6.07, 6.45) is 7.83. The molecule has 1 aromatic heterocycles. The molecule has 2 N–H and O–H groups in total. The minimum absolute atomic E-state index is 0.222. The maximum absolute atomic E-state index is 5.68. The molecular weight excluding hydrogens is 324 g/mol. The van der Waals surface area contributed by atoms with Crippen molar-refractivity contribution in [2.75, 3.05) is 19.5 Å². The number of nitrogens with one attached hydrogen (secondary N) is 2. The third-order valence-corrected chi connectivity index (χ3v) is 5.84. The van der Waals surface area contributed by atoms with E-state index in [1.165, 1.54) is 22.0 Å². The zero-order valence-electron chi connectivity index (χ0n) is 15.0. The monoisotopic (exact) mass is 346 g/mol. The number of para-hydroxylation sites is 1. The Morgan fingerprint density at radius 3 is 2.65 bits per heavy atom. The van der Waals surface area contributed by atoms with Crippen LogP contribution in [0.5, 0.6) is 11.5 Å². The van der Waals surface area contributed by atoms with Gasteiger partial charge in [-0.3, -0.25) is 0 Å². The highest BCUT2D eigenvalue weighted by atomic mass is 16.5. The minimum Gasteiger partial charge on any atom is -0.496 e. The molecule has 2 heterocycles. The molecule has 3 unspecified atom stereocenters. The second-order valence-corrected chi connectivity index (χ2v) is 7.02. The van der Waals surface area contributed by atoms with Gasteiger partial charge in [-0.25, -0.2) is 0 Å². The highest BCUT2D eigenvalue weighted by Gasteiger charge is 2.41. The van der Waals surface area contributed by atoms with Gasteiger partial charge in [0.2, 0.25) is 0 Å². The summed E-state index contributed by atoms with van der Waals surface area (Å²) in [7, 11) is 3.46. The van der Waals surface area contributed by atoms with E-state index in [2.05, 4.69) is 52.9 Å². The van der Waals surface area contributed by atoms with E-state index in [0.717, 1.165) is 23.6 Å². The molecule has 132 valence electrons. The first-order chi connectivity index (χ1) is 12.8. The lowest BCUT2D eigenvalue weighted by molar-refractivity contribution is 0.371. The first-order valence-electron chi connectivity index (χ1n) is 9.06. The Morgan fingerprint density at radius 1 is 1.00 bits per heavy atom. The Hall–Kier alpha value is -2.88. The third-order valence-electron chi connectivity index (χ3n) is 5.84. The van der Waals surface area contributed by atoms with Crippen LogP contribution < -0.4 is 14.8 Å². The Labute approximate surface area is 152 Å². The first-order valence-corrected chi connectivity index (χ1v) is 9.06. The van der Waals surface area contributed by atoms with Crippen molar-refractivity contribution < 1.29 is 9.47 Å². The summed E-state index contributed by atoms with van der Waals surface area (Å²) in [6, 6.07) is 12.7. The van der Waals surface area contributed by atoms with Crippen LogP contribution in [0.15, 0.2) is 54.7 Å². The third kappa shape index (κ3) is 2.08. The predicted octanol–water partition coefficient (Wildman–Crippen LogP) is 5.01. The molecule has 0 fully saturated rings. The number of benzene rings is 2. The minimum atomic E-state index is 0.222. The Balaban J connectivity index is 1.70. The lowest BCUT2D eigenvalue weighted by atomic mass is 9.76. The molecule has 4 nitrogen and oxygen atoms in total. The van der Waals surface area contributed by atoms with Crippen LogP contribution in [0.3, 0.4) is 0 Å². The first kappa shape index (κ1) is 15.4. The average Bonchev–Trinajstić information content (AvgIpc) is 3.33. The van der Waals surface area contributed by atoms with Gasteiger partial charge in [-0.2, -0.15) is 0 Å². The maximum atomic E-state index is 5.68. The molecule has 4 heteroatoms. The Bertz CT molecular complexity index is 1000. The van der Waals surface area contributed by atoms with E-state index in [4.69, 9.17) is 9.47 Å². The van der Waals surface area contributed by atoms with Gasteiger partial charge in [0.25, 0.3) is 0 Å². The van der Waals surface area contributed by atoms with Crippen LogP contribution in [-0.2, 0) is 0 Å². The van der Waals surface area contributed by atoms with Gasteiger partial charge in [0.1, 0.15) is 11.5 Å². The van der Waals surface area contributed by atoms with Crippen LogP contribution in [0.1, 0.15) is 29.5 Å². The van der Waals surface area contributed by atoms with Crippen LogP contribution in [0, 0.1) is 5.92 Å². The van der Waals surface area contributed by atoms with Crippen LogP contribution in [-0.4, -0.2) is 19.2 Å². The smallest absolute Gasteiger partial charge is 0.142 e. The van der Waals surface area contributed by atoms with Crippen molar-refractivity contribution in [2.24, 2.45) is 5.92 Å². The molecule has 0 spiro atoms. The number of ether oxygens (including phenoxy) is 2. The number of H-pyrrole nitrogens is 1. The molecule has 0 bridgehead atoms. The van der Waals surface area contributed by atoms with E-state index in [1.54, 1.807) is 14.2 Å². The highest BCUT2D eigenvalue weighted by molar-refractivity contribution is 5.85. The fourth-order valence-corrected chi connectivity index (χ4v) is 4.66. The van der Waals surface area contributed by atoms with Crippen LogP contribution in [0.25, 0.3) is 10.9 Å². The highest BCUT2D eigenvalue weighted by Crippen LogP contribution is 2.55. The summed E-state index contributed by atoms with van der Waals surface area (Å²) >= 11 is 0. The summed E-state index contributed by atoms with van der Waals surface area (Å²) < 4.78 is 11.3. The van der Waals surface area contributed by atoms with Crippen molar-refractivity contribution in [1.29, 1.82) is 0 Å². The molecule has 2 aliphatic rings. The topological polar surface area (TPSA) is 46.3 Å². The largest absolute Gasteiger partial charge is 0.496 e. The van der Waals surface area contributed by atoms with Gasteiger partial charge in [-0.05, 0) is 36.1 Å². The number of allylic oxidation sites excluding steroid dienone is 2. The molecule has 3 atom stereocenters. The lowest BCUT2D eigenvalue weighted by Crippen LogP contribution is -2.29. The van der Waals surface area contributed by atoms with Gasteiger partial charge < -0.3 is 19.8 Å². The fraction of sp³-hybridized carbons (Fsp3) is 0.273. The van der Waals surface area contributed by atoms with Crippen molar-refractivity contribution in [3.63, 3.8) is 0 Å². The zero-order valence-corrected chi connectivity index (χ0v) is 15.0. The number of aromatic amines is 1. The zero-order chi connectivity index (χ0) is 17.7. The number of fused-ring (bicyclic) bond motifs is 4. The van der Waals surface area contributed by atoms with E-state index >= 15 is 0 Å². The molecule has 3 aromatic rings. The van der Waals surface area contributed by atoms with Crippen molar-refractivity contribution in [1.82, 2.24) is 4.98 Å². The summed E-state index contributed by atoms with van der Waals surface area (Å²) in [5.74, 6) is 2.58. The normalized spacial score (nSPS) is 23.4. The molecule has 0 saturated heterocycles. The number of rotatable bonds is 3. The molecule has 0 amide bonds. The van der Waals surface area contributed by atoms with Gasteiger partial charge in [0.15, 0.2) is 0 Å². The molecule has 0 radical (unpaired) electrons. The SMILES string of the molecule is COc1ccc(OC)c2c1NC(c1c[nH]c3ccccc13)C1CC=CC21. The molecular formula is C22H22N2O2. The molecule has 5 rings (SSSR count). The number of hydrogen-bond donors (Lipinski definition) is 2. The predicted molar refractivity (Wildman–Crippen MR) is 104 cm³/mol. The van der Waals surface area contributed by atoms with Gasteiger partial charge in [-0.15, -0.1) is 0 Å². The quantitative estimate of drug-likeness (QED) is 0.655. The van der Waals surface area contributed by atoms with E-state index in [9.17, 15) is 0 Å². The lowest BCUT2D eigenvalue weighted by Gasteiger charge is -2.38. The van der Waals surface area contributed by atoms with Crippen LogP contribution in [0.2, 0.25) is 0 Å². The van der Waals surface area contributed by atoms with E-state index < -0.39 is 0 Å². The molecule has 26 heavy (non-hydrogen) atoms. The summed E-state index contributed by atoms with van der Waals surface area (Å²) in [6.45, 7) is 0. The Kier molecular flexibility index (Phi) is 3.45. The standard InChI is InChI=1S/C22H22N2O2/c1-25-18-10-11-19(26-2)22-20(18)14-7-5-8-15(14)21(24-22)16-12-23-17-9-4-3-6-13(16)17/h3-7,9-12,14-15,21,23-24H,8H2,1-2H3. The maximum Gasteiger partial charge on any atom is 0.142 e. The summed E-state index contributed by atoms with van der Waals surface area (Å²) in [4.78, 5) is 3.42. The van der Waals surface area contributed by atoms with Crippen molar-refractivity contribution in [3.8, 4) is 11.5 Å². The summed E-state index contributed by atoms with van der Waals surface area (Å²) in [5.41, 5.74) is 4.75. The van der Waals surface area contributed by atoms with Gasteiger partial charge >= 0.3 is 0 Å². The van der Waals surface area contributed by atoms with Gasteiger partial charge in [-0.1, -0.05) is 30.4 Å². The average molecular weight is 346 g/mol. The number of methoxy groups -OCH3 is 2. The van der Waals surface area contributed by atoms with Crippen molar-refractivity contribution in [2.45, 2.75) is 18.4 Å². The fourth-order valence-electron chi connectivity index (χ4n) is 4.66. The number of aromatic nitrogens is 1. The molecule has 1 aliphatic heterocycles. The molecule has 1 aliphatic carbocycles. The van der Waals surface area contributed by atoms with Crippen molar-refractivity contribution in [3.05, 3.63) is 65.9 Å². The van der Waals surface area contributed by atoms with Crippen LogP contribution >= 0.6 is 0 Å². The number of hydrogen-bond acceptors (Lipinski definition) is 3. The molecule has 2 aromatic carbocycles. The second-order valence-electron chi connectivity index (χ2n) is 7.02. The Morgan fingerprint density at radius 2 is 1.81 bits per heavy atom.